The first-order valence-corrected chi connectivity index (χ1v) is 22.1. The zero-order valence-electron chi connectivity index (χ0n) is 32.8. The van der Waals surface area contributed by atoms with Crippen molar-refractivity contribution in [2.75, 3.05) is 31.8 Å². The van der Waals surface area contributed by atoms with Crippen LogP contribution in [0.4, 0.5) is 0 Å². The zero-order valence-corrected chi connectivity index (χ0v) is 34.5. The predicted molar refractivity (Wildman–Crippen MR) is 224 cm³/mol. The number of hydrogen-bond acceptors (Lipinski definition) is 10. The summed E-state index contributed by atoms with van der Waals surface area (Å²) in [5.41, 5.74) is 3.94. The fourth-order valence-corrected chi connectivity index (χ4v) is 10.2. The molecule has 3 aromatic rings. The number of aliphatic hydroxyl groups excluding tert-OH is 2. The molecule has 6 atom stereocenters. The highest BCUT2D eigenvalue weighted by Gasteiger charge is 2.64. The number of allylic oxidation sites excluding steroid dienone is 1. The Morgan fingerprint density at radius 1 is 0.982 bits per heavy atom. The summed E-state index contributed by atoms with van der Waals surface area (Å²) in [6.45, 7) is 10.8. The van der Waals surface area contributed by atoms with Crippen LogP contribution in [0.3, 0.4) is 0 Å². The van der Waals surface area contributed by atoms with E-state index in [4.69, 9.17) is 24.2 Å². The van der Waals surface area contributed by atoms with E-state index in [0.717, 1.165) is 84.8 Å². The summed E-state index contributed by atoms with van der Waals surface area (Å²) < 4.78 is 20.9. The summed E-state index contributed by atoms with van der Waals surface area (Å²) in [6.07, 6.45) is 16.7. The van der Waals surface area contributed by atoms with Gasteiger partial charge in [0.25, 0.3) is 0 Å². The molecule has 0 radical (unpaired) electrons. The lowest BCUT2D eigenvalue weighted by Crippen LogP contribution is -2.64. The van der Waals surface area contributed by atoms with Crippen LogP contribution in [0.2, 0.25) is 0 Å². The lowest BCUT2D eigenvalue weighted by molar-refractivity contribution is -0.223. The van der Waals surface area contributed by atoms with Crippen molar-refractivity contribution in [1.29, 1.82) is 0 Å². The molecule has 55 heavy (non-hydrogen) atoms. The Hall–Kier alpha value is -3.28. The molecule has 2 heterocycles. The number of aryl methyl sites for hydroxylation is 1. The van der Waals surface area contributed by atoms with Crippen molar-refractivity contribution in [2.24, 2.45) is 22.9 Å². The second-order valence-corrected chi connectivity index (χ2v) is 17.9. The van der Waals surface area contributed by atoms with Crippen molar-refractivity contribution >= 4 is 29.2 Å². The van der Waals surface area contributed by atoms with Crippen LogP contribution in [-0.2, 0) is 16.0 Å². The van der Waals surface area contributed by atoms with Crippen LogP contribution < -0.4 is 9.47 Å². The first-order chi connectivity index (χ1) is 26.7. The van der Waals surface area contributed by atoms with E-state index in [1.54, 1.807) is 11.8 Å². The second-order valence-electron chi connectivity index (χ2n) is 15.7. The summed E-state index contributed by atoms with van der Waals surface area (Å²) in [5.74, 6) is 2.42. The molecule has 0 spiro atoms. The van der Waals surface area contributed by atoms with E-state index >= 15 is 0 Å². The molecule has 6 rings (SSSR count). The number of aromatic nitrogens is 1. The van der Waals surface area contributed by atoms with Crippen molar-refractivity contribution in [2.45, 2.75) is 99.6 Å². The Morgan fingerprint density at radius 2 is 1.71 bits per heavy atom. The molecule has 2 aliphatic carbocycles. The van der Waals surface area contributed by atoms with Gasteiger partial charge in [-0.05, 0) is 142 Å². The molecule has 0 amide bonds. The van der Waals surface area contributed by atoms with Crippen LogP contribution in [0.25, 0.3) is 0 Å². The van der Waals surface area contributed by atoms with Gasteiger partial charge in [-0.1, -0.05) is 30.1 Å². The first kappa shape index (κ1) is 41.4. The molecule has 8 nitrogen and oxygen atoms in total. The first-order valence-electron chi connectivity index (χ1n) is 19.8. The summed E-state index contributed by atoms with van der Waals surface area (Å²) in [4.78, 5) is 11.6. The van der Waals surface area contributed by atoms with Gasteiger partial charge in [0.15, 0.2) is 0 Å². The fraction of sp³-hybridized carbons (Fsp3) is 0.511. The molecule has 0 bridgehead atoms. The lowest BCUT2D eigenvalue weighted by atomic mass is 9.56. The van der Waals surface area contributed by atoms with Gasteiger partial charge in [0.2, 0.25) is 5.79 Å². The van der Waals surface area contributed by atoms with Gasteiger partial charge in [-0.2, -0.15) is 11.8 Å². The van der Waals surface area contributed by atoms with E-state index in [1.807, 2.05) is 69.2 Å². The maximum Gasteiger partial charge on any atom is 0.230 e. The third-order valence-corrected chi connectivity index (χ3v) is 12.9. The van der Waals surface area contributed by atoms with E-state index in [2.05, 4.69) is 60.3 Å². The third kappa shape index (κ3) is 10.0. The number of aliphatic hydroxyl groups is 2. The van der Waals surface area contributed by atoms with E-state index in [-0.39, 0.29) is 42.1 Å². The van der Waals surface area contributed by atoms with Gasteiger partial charge in [-0.25, -0.2) is 0 Å². The van der Waals surface area contributed by atoms with Gasteiger partial charge < -0.3 is 29.3 Å². The number of oxime groups is 1. The average Bonchev–Trinajstić information content (AvgIpc) is 3.18. The summed E-state index contributed by atoms with van der Waals surface area (Å²) in [7, 11) is 0. The lowest BCUT2D eigenvalue weighted by Gasteiger charge is -2.58. The van der Waals surface area contributed by atoms with Crippen molar-refractivity contribution in [3.8, 4) is 17.2 Å². The summed E-state index contributed by atoms with van der Waals surface area (Å²) in [6, 6.07) is 18.6. The smallest absolute Gasteiger partial charge is 0.230 e. The highest BCUT2D eigenvalue weighted by atomic mass is 32.2. The van der Waals surface area contributed by atoms with Gasteiger partial charge in [0, 0.05) is 48.4 Å². The number of fused-ring (bicyclic) bond motifs is 2. The Labute approximate surface area is 336 Å². The molecular formula is C45H58N2O6S2. The maximum absolute atomic E-state index is 9.92. The van der Waals surface area contributed by atoms with Gasteiger partial charge in [0.05, 0.1) is 23.5 Å². The van der Waals surface area contributed by atoms with Gasteiger partial charge in [-0.15, -0.1) is 18.3 Å². The number of pyridine rings is 1. The molecule has 10 heteroatoms. The van der Waals surface area contributed by atoms with E-state index in [1.165, 1.54) is 10.5 Å². The van der Waals surface area contributed by atoms with Crippen LogP contribution in [0.5, 0.6) is 17.2 Å². The predicted octanol–water partition coefficient (Wildman–Crippen LogP) is 10.0. The monoisotopic (exact) mass is 786 g/mol. The van der Waals surface area contributed by atoms with E-state index in [9.17, 15) is 10.2 Å². The molecule has 296 valence electrons. The van der Waals surface area contributed by atoms with Crippen molar-refractivity contribution < 1.29 is 29.3 Å². The van der Waals surface area contributed by atoms with Crippen LogP contribution in [-0.4, -0.2) is 69.4 Å². The van der Waals surface area contributed by atoms with E-state index < -0.39 is 11.4 Å². The number of unbranched alkanes of at least 4 members (excludes halogenated alkanes) is 2. The number of hydrogen-bond donors (Lipinski definition) is 2. The molecular weight excluding hydrogens is 729 g/mol. The number of benzene rings is 2. The number of nitrogens with zero attached hydrogens (tertiary/aromatic N) is 2. The standard InChI is InChI=1S/C45H58N2O6S2/c1-6-26-50-45-41(55-27-21-31-19-22-46-23-20-31)30-39(47-53-44(2,3)4)37-28-32(11-7-9-24-48)36(12-8-10-25-49)42(43(37)45)38-29-34(15-18-40(38)52-45)51-33-13-16-35(54-5)17-14-33/h6,13-20,22-23,28-29,32,36,41-43,48-49H,1,7-12,21,24-27,30H2,2-5H3. The quantitative estimate of drug-likeness (QED) is 0.0532. The highest BCUT2D eigenvalue weighted by molar-refractivity contribution is 8.00. The second kappa shape index (κ2) is 19.2. The summed E-state index contributed by atoms with van der Waals surface area (Å²) >= 11 is 3.57. The van der Waals surface area contributed by atoms with Crippen molar-refractivity contribution in [3.63, 3.8) is 0 Å². The molecule has 3 aliphatic rings. The Kier molecular flexibility index (Phi) is 14.5. The largest absolute Gasteiger partial charge is 0.460 e. The van der Waals surface area contributed by atoms with E-state index in [0.29, 0.717) is 13.0 Å². The number of thioether (sulfide) groups is 2. The molecule has 1 aromatic heterocycles. The molecule has 2 aromatic carbocycles. The molecule has 1 saturated carbocycles. The zero-order chi connectivity index (χ0) is 38.8. The minimum atomic E-state index is -1.01. The van der Waals surface area contributed by atoms with Crippen molar-refractivity contribution in [1.82, 2.24) is 4.98 Å². The molecule has 1 aliphatic heterocycles. The Balaban J connectivity index is 1.51. The average molecular weight is 787 g/mol. The third-order valence-electron chi connectivity index (χ3n) is 10.8. The van der Waals surface area contributed by atoms with Gasteiger partial charge in [-0.3, -0.25) is 4.98 Å². The molecule has 0 saturated heterocycles. The number of rotatable bonds is 19. The topological polar surface area (TPSA) is 103 Å². The van der Waals surface area contributed by atoms with Crippen LogP contribution in [0.15, 0.2) is 101 Å². The maximum atomic E-state index is 9.92. The molecule has 1 fully saturated rings. The van der Waals surface area contributed by atoms with Crippen LogP contribution in [0, 0.1) is 17.8 Å². The molecule has 2 N–H and O–H groups in total. The Morgan fingerprint density at radius 3 is 2.40 bits per heavy atom. The minimum Gasteiger partial charge on any atom is -0.460 e. The van der Waals surface area contributed by atoms with Crippen LogP contribution in [0.1, 0.15) is 82.8 Å². The number of ether oxygens (including phenoxy) is 3. The SMILES string of the molecule is C=CCOC12Oc3ccc(Oc4ccc(SC)cc4)cc3C3C(CCCCO)C(CCCCO)C=C(C(=NOC(C)(C)C)CC1SCCc1ccncc1)C32. The minimum absolute atomic E-state index is 0.00256. The van der Waals surface area contributed by atoms with Gasteiger partial charge in [0.1, 0.15) is 22.8 Å². The van der Waals surface area contributed by atoms with Crippen molar-refractivity contribution in [3.05, 3.63) is 102 Å². The highest BCUT2D eigenvalue weighted by Crippen LogP contribution is 2.62. The Bertz CT molecular complexity index is 1760. The normalized spacial score (nSPS) is 25.0. The summed E-state index contributed by atoms with van der Waals surface area (Å²) in [5, 5.41) is 24.6. The molecule has 6 unspecified atom stereocenters. The fourth-order valence-electron chi connectivity index (χ4n) is 8.38. The van der Waals surface area contributed by atoms with Gasteiger partial charge >= 0.3 is 0 Å². The van der Waals surface area contributed by atoms with Crippen LogP contribution >= 0.6 is 23.5 Å².